The molecule has 0 amide bonds. The molecule has 0 aromatic heterocycles. The second-order valence-electron chi connectivity index (χ2n) is 7.72. The third-order valence-corrected chi connectivity index (χ3v) is 6.85. The Balaban J connectivity index is 1.96. The quantitative estimate of drug-likeness (QED) is 0.291. The van der Waals surface area contributed by atoms with Crippen LogP contribution in [-0.4, -0.2) is 13.0 Å². The van der Waals surface area contributed by atoms with Gasteiger partial charge in [0.1, 0.15) is 0 Å². The predicted molar refractivity (Wildman–Crippen MR) is 122 cm³/mol. The normalized spacial score (nSPS) is 14.1. The van der Waals surface area contributed by atoms with Crippen LogP contribution in [0, 0.1) is 0 Å². The summed E-state index contributed by atoms with van der Waals surface area (Å²) in [6.45, 7) is 0. The van der Waals surface area contributed by atoms with Crippen LogP contribution in [0.4, 0.5) is 11.4 Å². The van der Waals surface area contributed by atoms with E-state index in [9.17, 15) is 13.0 Å². The van der Waals surface area contributed by atoms with Crippen LogP contribution in [0.15, 0.2) is 95.9 Å². The van der Waals surface area contributed by atoms with Gasteiger partial charge in [-0.2, -0.15) is 8.42 Å². The molecule has 1 aliphatic rings. The lowest BCUT2D eigenvalue weighted by atomic mass is 9.67. The second-order valence-corrected chi connectivity index (χ2v) is 9.14. The second kappa shape index (κ2) is 6.70. The number of hydrogen-bond acceptors (Lipinski definition) is 4. The van der Waals surface area contributed by atoms with E-state index in [0.717, 1.165) is 33.4 Å². The van der Waals surface area contributed by atoms with Crippen molar-refractivity contribution in [1.29, 1.82) is 0 Å². The molecule has 4 aromatic rings. The summed E-state index contributed by atoms with van der Waals surface area (Å²) in [4.78, 5) is -0.144. The van der Waals surface area contributed by atoms with E-state index in [2.05, 4.69) is 6.07 Å². The predicted octanol–water partition coefficient (Wildman–Crippen LogP) is 4.46. The summed E-state index contributed by atoms with van der Waals surface area (Å²) in [6, 6.07) is 27.9. The van der Waals surface area contributed by atoms with E-state index in [-0.39, 0.29) is 4.90 Å². The Bertz CT molecular complexity index is 1360. The van der Waals surface area contributed by atoms with E-state index in [1.165, 1.54) is 6.07 Å². The van der Waals surface area contributed by atoms with Crippen molar-refractivity contribution in [3.8, 4) is 11.1 Å². The van der Waals surface area contributed by atoms with Crippen LogP contribution in [0.5, 0.6) is 0 Å². The van der Waals surface area contributed by atoms with Gasteiger partial charge in [0.25, 0.3) is 10.1 Å². The van der Waals surface area contributed by atoms with Gasteiger partial charge >= 0.3 is 0 Å². The Kier molecular flexibility index (Phi) is 4.18. The topological polar surface area (TPSA) is 106 Å². The zero-order valence-corrected chi connectivity index (χ0v) is 17.3. The molecule has 5 N–H and O–H groups in total. The summed E-state index contributed by atoms with van der Waals surface area (Å²) in [5, 5.41) is 0. The zero-order valence-electron chi connectivity index (χ0n) is 16.5. The monoisotopic (exact) mass is 428 g/mol. The molecule has 0 atom stereocenters. The number of hydrogen-bond donors (Lipinski definition) is 3. The molecular formula is C25H20N2O3S. The Morgan fingerprint density at radius 1 is 0.645 bits per heavy atom. The fourth-order valence-electron chi connectivity index (χ4n) is 4.67. The fourth-order valence-corrected chi connectivity index (χ4v) is 5.18. The van der Waals surface area contributed by atoms with Gasteiger partial charge in [0.05, 0.1) is 10.3 Å². The van der Waals surface area contributed by atoms with E-state index in [4.69, 9.17) is 11.5 Å². The molecule has 6 heteroatoms. The van der Waals surface area contributed by atoms with Crippen LogP contribution in [0.1, 0.15) is 22.3 Å². The average Bonchev–Trinajstić information content (AvgIpc) is 3.05. The Hall–Kier alpha value is -3.61. The number of nitrogens with two attached hydrogens (primary N) is 2. The lowest BCUT2D eigenvalue weighted by Crippen LogP contribution is -2.28. The SMILES string of the molecule is Nc1ccc(C2(c3ccc(N)cc3)c3ccccc3-c3ccc(S(=O)(=O)O)cc32)cc1. The third-order valence-electron chi connectivity index (χ3n) is 6.00. The number of rotatable bonds is 3. The first-order chi connectivity index (χ1) is 14.8. The maximum Gasteiger partial charge on any atom is 0.294 e. The summed E-state index contributed by atoms with van der Waals surface area (Å²) in [5.74, 6) is 0. The van der Waals surface area contributed by atoms with Gasteiger partial charge in [-0.05, 0) is 69.8 Å². The molecule has 0 heterocycles. The van der Waals surface area contributed by atoms with Gasteiger partial charge in [-0.25, -0.2) is 0 Å². The van der Waals surface area contributed by atoms with Gasteiger partial charge in [-0.15, -0.1) is 0 Å². The first kappa shape index (κ1) is 19.4. The standard InChI is InChI=1S/C25H20N2O3S/c26-18-9-5-16(6-10-18)25(17-7-11-19(27)12-8-17)23-4-2-1-3-21(23)22-14-13-20(15-24(22)25)31(28,29)30/h1-15H,26-27H2,(H,28,29,30). The molecule has 0 bridgehead atoms. The average molecular weight is 429 g/mol. The highest BCUT2D eigenvalue weighted by atomic mass is 32.2. The highest BCUT2D eigenvalue weighted by molar-refractivity contribution is 7.85. The minimum Gasteiger partial charge on any atom is -0.399 e. The molecular weight excluding hydrogens is 408 g/mol. The number of anilines is 2. The molecule has 0 radical (unpaired) electrons. The lowest BCUT2D eigenvalue weighted by molar-refractivity contribution is 0.483. The van der Waals surface area contributed by atoms with Crippen LogP contribution < -0.4 is 11.5 Å². The maximum absolute atomic E-state index is 12.0. The van der Waals surface area contributed by atoms with Crippen molar-refractivity contribution < 1.29 is 13.0 Å². The van der Waals surface area contributed by atoms with E-state index >= 15 is 0 Å². The number of fused-ring (bicyclic) bond motifs is 3. The van der Waals surface area contributed by atoms with Crippen LogP contribution in [0.3, 0.4) is 0 Å². The van der Waals surface area contributed by atoms with Gasteiger partial charge < -0.3 is 11.5 Å². The molecule has 0 saturated carbocycles. The van der Waals surface area contributed by atoms with E-state index in [1.54, 1.807) is 12.1 Å². The van der Waals surface area contributed by atoms with E-state index in [1.807, 2.05) is 66.7 Å². The fraction of sp³-hybridized carbons (Fsp3) is 0.0400. The smallest absolute Gasteiger partial charge is 0.294 e. The molecule has 4 aromatic carbocycles. The van der Waals surface area contributed by atoms with Crippen LogP contribution in [-0.2, 0) is 15.5 Å². The third kappa shape index (κ3) is 2.84. The van der Waals surface area contributed by atoms with Crippen molar-refractivity contribution in [3.05, 3.63) is 113 Å². The van der Waals surface area contributed by atoms with Gasteiger partial charge in [0.15, 0.2) is 0 Å². The van der Waals surface area contributed by atoms with Crippen LogP contribution in [0.2, 0.25) is 0 Å². The molecule has 154 valence electrons. The molecule has 0 aliphatic heterocycles. The molecule has 1 aliphatic carbocycles. The minimum atomic E-state index is -4.38. The first-order valence-electron chi connectivity index (χ1n) is 9.76. The largest absolute Gasteiger partial charge is 0.399 e. The summed E-state index contributed by atoms with van der Waals surface area (Å²) in [6.07, 6.45) is 0. The molecule has 0 fully saturated rings. The van der Waals surface area contributed by atoms with Crippen molar-refractivity contribution in [2.45, 2.75) is 10.3 Å². The van der Waals surface area contributed by atoms with E-state index in [0.29, 0.717) is 11.4 Å². The van der Waals surface area contributed by atoms with Crippen molar-refractivity contribution >= 4 is 21.5 Å². The Labute approximate surface area is 180 Å². The zero-order chi connectivity index (χ0) is 21.8. The molecule has 0 unspecified atom stereocenters. The van der Waals surface area contributed by atoms with Crippen molar-refractivity contribution in [2.24, 2.45) is 0 Å². The number of benzene rings is 4. The highest BCUT2D eigenvalue weighted by Crippen LogP contribution is 2.56. The summed E-state index contributed by atoms with van der Waals surface area (Å²) in [5.41, 5.74) is 18.0. The maximum atomic E-state index is 12.0. The Morgan fingerprint density at radius 3 is 1.71 bits per heavy atom. The van der Waals surface area contributed by atoms with Crippen LogP contribution >= 0.6 is 0 Å². The van der Waals surface area contributed by atoms with Crippen molar-refractivity contribution in [1.82, 2.24) is 0 Å². The summed E-state index contributed by atoms with van der Waals surface area (Å²) >= 11 is 0. The molecule has 5 rings (SSSR count). The lowest BCUT2D eigenvalue weighted by Gasteiger charge is -2.34. The van der Waals surface area contributed by atoms with E-state index < -0.39 is 15.5 Å². The minimum absolute atomic E-state index is 0.144. The number of nitrogen functional groups attached to an aromatic ring is 2. The molecule has 0 spiro atoms. The van der Waals surface area contributed by atoms with Crippen molar-refractivity contribution in [2.75, 3.05) is 11.5 Å². The molecule has 5 nitrogen and oxygen atoms in total. The first-order valence-corrected chi connectivity index (χ1v) is 11.2. The highest BCUT2D eigenvalue weighted by Gasteiger charge is 2.46. The van der Waals surface area contributed by atoms with Gasteiger partial charge in [-0.1, -0.05) is 54.6 Å². The van der Waals surface area contributed by atoms with Crippen molar-refractivity contribution in [3.63, 3.8) is 0 Å². The molecule has 0 saturated heterocycles. The van der Waals surface area contributed by atoms with Crippen LogP contribution in [0.25, 0.3) is 11.1 Å². The summed E-state index contributed by atoms with van der Waals surface area (Å²) in [7, 11) is -4.38. The van der Waals surface area contributed by atoms with Gasteiger partial charge in [0.2, 0.25) is 0 Å². The molecule has 31 heavy (non-hydrogen) atoms. The van der Waals surface area contributed by atoms with Gasteiger partial charge in [0, 0.05) is 11.4 Å². The Morgan fingerprint density at radius 2 is 1.16 bits per heavy atom. The summed E-state index contributed by atoms with van der Waals surface area (Å²) < 4.78 is 33.8. The van der Waals surface area contributed by atoms with Gasteiger partial charge in [-0.3, -0.25) is 4.55 Å².